The fraction of sp³-hybridized carbons (Fsp3) is 0.727. The Bertz CT molecular complexity index is 371. The molecule has 0 spiro atoms. The van der Waals surface area contributed by atoms with Gasteiger partial charge in [-0.3, -0.25) is 10.1 Å². The average molecular weight is 238 g/mol. The Morgan fingerprint density at radius 3 is 3.18 bits per heavy atom. The van der Waals surface area contributed by atoms with Crippen LogP contribution in [0.1, 0.15) is 51.0 Å². The second-order valence-corrected chi connectivity index (χ2v) is 4.25. The minimum Gasteiger partial charge on any atom is -0.406 e. The van der Waals surface area contributed by atoms with Crippen LogP contribution in [-0.4, -0.2) is 22.6 Å². The van der Waals surface area contributed by atoms with E-state index >= 15 is 0 Å². The smallest absolute Gasteiger partial charge is 0.322 e. The maximum atomic E-state index is 11.4. The first-order valence-electron chi connectivity index (χ1n) is 6.16. The van der Waals surface area contributed by atoms with Crippen molar-refractivity contribution in [2.24, 2.45) is 0 Å². The normalized spacial score (nSPS) is 19.5. The third-order valence-electron chi connectivity index (χ3n) is 2.80. The van der Waals surface area contributed by atoms with Gasteiger partial charge in [0.05, 0.1) is 6.04 Å². The average Bonchev–Trinajstić information content (AvgIpc) is 2.95. The Kier molecular flexibility index (Phi) is 4.08. The minimum atomic E-state index is -0.0681. The molecule has 1 aromatic heterocycles. The molecule has 1 aromatic rings. The highest BCUT2D eigenvalue weighted by Gasteiger charge is 2.22. The highest BCUT2D eigenvalue weighted by Crippen LogP contribution is 2.22. The van der Waals surface area contributed by atoms with Crippen molar-refractivity contribution in [3.63, 3.8) is 0 Å². The summed E-state index contributed by atoms with van der Waals surface area (Å²) in [5.41, 5.74) is 0. The lowest BCUT2D eigenvalue weighted by atomic mass is 10.2. The number of unbranched alkanes of at least 4 members (excludes halogenated alkanes) is 1. The molecule has 0 saturated carbocycles. The van der Waals surface area contributed by atoms with E-state index < -0.39 is 0 Å². The second-order valence-electron chi connectivity index (χ2n) is 4.25. The fourth-order valence-corrected chi connectivity index (χ4v) is 1.84. The van der Waals surface area contributed by atoms with Crippen LogP contribution >= 0.6 is 0 Å². The molecule has 6 heteroatoms. The number of carbonyl (C=O) groups is 1. The fourth-order valence-electron chi connectivity index (χ4n) is 1.84. The van der Waals surface area contributed by atoms with Crippen molar-refractivity contribution >= 4 is 11.9 Å². The van der Waals surface area contributed by atoms with E-state index in [2.05, 4.69) is 20.8 Å². The monoisotopic (exact) mass is 238 g/mol. The van der Waals surface area contributed by atoms with Gasteiger partial charge in [-0.25, -0.2) is 0 Å². The van der Waals surface area contributed by atoms with Crippen molar-refractivity contribution in [3.05, 3.63) is 5.89 Å². The van der Waals surface area contributed by atoms with Gasteiger partial charge in [0.25, 0.3) is 0 Å². The number of anilines is 1. The molecule has 0 radical (unpaired) electrons. The van der Waals surface area contributed by atoms with E-state index in [9.17, 15) is 4.79 Å². The van der Waals surface area contributed by atoms with Crippen molar-refractivity contribution < 1.29 is 9.21 Å². The maximum Gasteiger partial charge on any atom is 0.322 e. The summed E-state index contributed by atoms with van der Waals surface area (Å²) in [5.74, 6) is 0.495. The van der Waals surface area contributed by atoms with E-state index in [1.165, 1.54) is 0 Å². The van der Waals surface area contributed by atoms with E-state index in [1.54, 1.807) is 0 Å². The number of carbonyl (C=O) groups excluding carboxylic acids is 1. The zero-order chi connectivity index (χ0) is 12.1. The first kappa shape index (κ1) is 12.0. The molecule has 17 heavy (non-hydrogen) atoms. The van der Waals surface area contributed by atoms with Crippen molar-refractivity contribution in [2.45, 2.75) is 45.1 Å². The lowest BCUT2D eigenvalue weighted by molar-refractivity contribution is -0.116. The van der Waals surface area contributed by atoms with Crippen LogP contribution in [0, 0.1) is 0 Å². The van der Waals surface area contributed by atoms with E-state index in [-0.39, 0.29) is 18.0 Å². The van der Waals surface area contributed by atoms with Crippen molar-refractivity contribution in [1.82, 2.24) is 15.5 Å². The van der Waals surface area contributed by atoms with Crippen LogP contribution < -0.4 is 10.6 Å². The Morgan fingerprint density at radius 1 is 1.59 bits per heavy atom. The van der Waals surface area contributed by atoms with Gasteiger partial charge in [-0.15, -0.1) is 5.10 Å². The first-order chi connectivity index (χ1) is 8.29. The van der Waals surface area contributed by atoms with Gasteiger partial charge in [0.2, 0.25) is 11.8 Å². The summed E-state index contributed by atoms with van der Waals surface area (Å²) in [6.45, 7) is 3.02. The van der Waals surface area contributed by atoms with Crippen LogP contribution in [0.2, 0.25) is 0 Å². The molecule has 1 aliphatic rings. The molecule has 94 valence electrons. The lowest BCUT2D eigenvalue weighted by Crippen LogP contribution is -2.13. The molecule has 1 amide bonds. The molecular weight excluding hydrogens is 220 g/mol. The highest BCUT2D eigenvalue weighted by molar-refractivity contribution is 5.88. The predicted octanol–water partition coefficient (Wildman–Crippen LogP) is 1.62. The molecule has 1 aliphatic heterocycles. The number of nitrogens with zero attached hydrogens (tertiary/aromatic N) is 2. The first-order valence-corrected chi connectivity index (χ1v) is 6.16. The number of rotatable bonds is 5. The van der Waals surface area contributed by atoms with Crippen molar-refractivity contribution in [2.75, 3.05) is 11.9 Å². The molecule has 6 nitrogen and oxygen atoms in total. The summed E-state index contributed by atoms with van der Waals surface area (Å²) in [6.07, 6.45) is 4.48. The van der Waals surface area contributed by atoms with E-state index in [0.717, 1.165) is 32.2 Å². The number of nitrogens with one attached hydrogen (secondary N) is 2. The predicted molar refractivity (Wildman–Crippen MR) is 62.4 cm³/mol. The highest BCUT2D eigenvalue weighted by atomic mass is 16.4. The Hall–Kier alpha value is -1.43. The topological polar surface area (TPSA) is 80.0 Å². The third kappa shape index (κ3) is 3.26. The van der Waals surface area contributed by atoms with Crippen molar-refractivity contribution in [1.29, 1.82) is 0 Å². The van der Waals surface area contributed by atoms with E-state index in [1.807, 2.05) is 6.92 Å². The molecule has 0 aliphatic carbocycles. The second kappa shape index (κ2) is 5.77. The van der Waals surface area contributed by atoms with Gasteiger partial charge >= 0.3 is 6.01 Å². The van der Waals surface area contributed by atoms with Gasteiger partial charge in [-0.1, -0.05) is 18.4 Å². The molecule has 2 heterocycles. The van der Waals surface area contributed by atoms with E-state index in [0.29, 0.717) is 12.3 Å². The van der Waals surface area contributed by atoms with Gasteiger partial charge in [-0.05, 0) is 25.8 Å². The summed E-state index contributed by atoms with van der Waals surface area (Å²) in [5, 5.41) is 13.6. The van der Waals surface area contributed by atoms with Crippen LogP contribution in [0.15, 0.2) is 4.42 Å². The number of amides is 1. The molecule has 2 rings (SSSR count). The summed E-state index contributed by atoms with van der Waals surface area (Å²) in [4.78, 5) is 11.4. The minimum absolute atomic E-state index is 0.0681. The lowest BCUT2D eigenvalue weighted by Gasteiger charge is -2.02. The van der Waals surface area contributed by atoms with Gasteiger partial charge in [-0.2, -0.15) is 0 Å². The van der Waals surface area contributed by atoms with Crippen LogP contribution in [-0.2, 0) is 4.79 Å². The molecule has 1 atom stereocenters. The summed E-state index contributed by atoms with van der Waals surface area (Å²) < 4.78 is 5.40. The summed E-state index contributed by atoms with van der Waals surface area (Å²) in [7, 11) is 0. The largest absolute Gasteiger partial charge is 0.406 e. The molecule has 2 N–H and O–H groups in total. The Balaban J connectivity index is 1.87. The summed E-state index contributed by atoms with van der Waals surface area (Å²) in [6, 6.07) is 0.346. The Labute approximate surface area is 100 Å². The maximum absolute atomic E-state index is 11.4. The van der Waals surface area contributed by atoms with E-state index in [4.69, 9.17) is 4.42 Å². The quantitative estimate of drug-likeness (QED) is 0.814. The molecule has 1 unspecified atom stereocenters. The Morgan fingerprint density at radius 2 is 2.47 bits per heavy atom. The van der Waals surface area contributed by atoms with Crippen LogP contribution in [0.4, 0.5) is 6.01 Å². The molecule has 0 bridgehead atoms. The third-order valence-corrected chi connectivity index (χ3v) is 2.80. The van der Waals surface area contributed by atoms with Gasteiger partial charge in [0.1, 0.15) is 0 Å². The van der Waals surface area contributed by atoms with Gasteiger partial charge in [0, 0.05) is 6.42 Å². The van der Waals surface area contributed by atoms with Gasteiger partial charge < -0.3 is 9.73 Å². The summed E-state index contributed by atoms with van der Waals surface area (Å²) >= 11 is 0. The van der Waals surface area contributed by atoms with Crippen LogP contribution in [0.5, 0.6) is 0 Å². The van der Waals surface area contributed by atoms with Crippen LogP contribution in [0.25, 0.3) is 0 Å². The van der Waals surface area contributed by atoms with Crippen LogP contribution in [0.3, 0.4) is 0 Å². The molecular formula is C11H18N4O2. The molecule has 0 aromatic carbocycles. The number of aromatic nitrogens is 2. The zero-order valence-corrected chi connectivity index (χ0v) is 10.0. The standard InChI is InChI=1S/C11H18N4O2/c1-2-3-6-9(16)13-11-15-14-10(17-11)8-5-4-7-12-8/h8,12H,2-7H2,1H3,(H,13,15,16). The SMILES string of the molecule is CCCCC(=O)Nc1nnc(C2CCCN2)o1. The van der Waals surface area contributed by atoms with Crippen molar-refractivity contribution in [3.8, 4) is 0 Å². The number of hydrogen-bond donors (Lipinski definition) is 2. The number of hydrogen-bond acceptors (Lipinski definition) is 5. The molecule has 1 fully saturated rings. The molecule has 1 saturated heterocycles. The van der Waals surface area contributed by atoms with Gasteiger partial charge in [0.15, 0.2) is 0 Å². The zero-order valence-electron chi connectivity index (χ0n) is 10.0.